The molecule has 1 rings (SSSR count). The Kier molecular flexibility index (Phi) is 6.90. The summed E-state index contributed by atoms with van der Waals surface area (Å²) in [5, 5.41) is 0. The summed E-state index contributed by atoms with van der Waals surface area (Å²) in [7, 11) is 0. The molecule has 0 radical (unpaired) electrons. The molecule has 0 aliphatic rings. The van der Waals surface area contributed by atoms with Crippen LogP contribution in [0.5, 0.6) is 11.8 Å². The Labute approximate surface area is 129 Å². The number of rotatable bonds is 7. The first-order valence-corrected chi connectivity index (χ1v) is 7.05. The fourth-order valence-corrected chi connectivity index (χ4v) is 2.24. The lowest BCUT2D eigenvalue weighted by atomic mass is 9.91. The monoisotopic (exact) mass is 316 g/mol. The highest BCUT2D eigenvalue weighted by molar-refractivity contribution is 6.44. The van der Waals surface area contributed by atoms with Crippen molar-refractivity contribution >= 4 is 23.2 Å². The van der Waals surface area contributed by atoms with Crippen LogP contribution in [0.1, 0.15) is 27.2 Å². The fourth-order valence-electron chi connectivity index (χ4n) is 1.41. The molecule has 110 valence electrons. The number of nitrogens with zero attached hydrogens (tertiary/aromatic N) is 2. The third-order valence-corrected chi connectivity index (χ3v) is 2.71. The number of hydrogen-bond acceptors (Lipinski definition) is 4. The molecule has 0 fully saturated rings. The molecule has 0 saturated carbocycles. The Morgan fingerprint density at radius 3 is 2.50 bits per heavy atom. The second-order valence-electron chi connectivity index (χ2n) is 4.96. The van der Waals surface area contributed by atoms with Gasteiger partial charge in [-0.3, -0.25) is 0 Å². The second kappa shape index (κ2) is 8.18. The Morgan fingerprint density at radius 1 is 1.25 bits per heavy atom. The maximum absolute atomic E-state index is 5.79. The van der Waals surface area contributed by atoms with Gasteiger partial charge in [-0.05, 0) is 13.3 Å². The van der Waals surface area contributed by atoms with Gasteiger partial charge in [-0.2, -0.15) is 0 Å². The van der Waals surface area contributed by atoms with Crippen molar-refractivity contribution in [1.29, 1.82) is 0 Å². The molecule has 0 aliphatic carbocycles. The quantitative estimate of drug-likeness (QED) is 0.570. The molecular weight excluding hydrogens is 299 g/mol. The van der Waals surface area contributed by atoms with Crippen molar-refractivity contribution in [2.45, 2.75) is 32.0 Å². The number of alkyl halides is 2. The number of hydrogen-bond donors (Lipinski definition) is 0. The zero-order chi connectivity index (χ0) is 15.0. The largest absolute Gasteiger partial charge is 0.477 e. The van der Waals surface area contributed by atoms with E-state index in [1.54, 1.807) is 13.0 Å². The maximum atomic E-state index is 5.79. The van der Waals surface area contributed by atoms with E-state index in [1.165, 1.54) is 6.33 Å². The Morgan fingerprint density at radius 2 is 1.90 bits per heavy atom. The van der Waals surface area contributed by atoms with Crippen molar-refractivity contribution in [2.75, 3.05) is 13.2 Å². The molecular formula is C14H18Cl2N2O2. The van der Waals surface area contributed by atoms with Gasteiger partial charge in [-0.15, -0.1) is 29.1 Å². The lowest BCUT2D eigenvalue weighted by molar-refractivity contribution is 0.167. The summed E-state index contributed by atoms with van der Waals surface area (Å²) in [4.78, 5) is 7.60. The molecule has 0 bridgehead atoms. The molecule has 1 aromatic heterocycles. The fraction of sp³-hybridized carbons (Fsp3) is 0.571. The minimum atomic E-state index is -0.412. The minimum absolute atomic E-state index is 0.145. The lowest BCUT2D eigenvalue weighted by Gasteiger charge is -2.24. The molecule has 1 heterocycles. The van der Waals surface area contributed by atoms with Crippen LogP contribution >= 0.6 is 23.2 Å². The van der Waals surface area contributed by atoms with Crippen LogP contribution in [0, 0.1) is 17.3 Å². The molecule has 0 aliphatic heterocycles. The van der Waals surface area contributed by atoms with Crippen LogP contribution in [0.4, 0.5) is 0 Å². The van der Waals surface area contributed by atoms with Gasteiger partial charge in [0.2, 0.25) is 11.8 Å². The average molecular weight is 317 g/mol. The van der Waals surface area contributed by atoms with Crippen molar-refractivity contribution in [1.82, 2.24) is 9.97 Å². The van der Waals surface area contributed by atoms with E-state index in [0.717, 1.165) is 0 Å². The van der Waals surface area contributed by atoms with Crippen molar-refractivity contribution < 1.29 is 9.47 Å². The molecule has 0 unspecified atom stereocenters. The van der Waals surface area contributed by atoms with Crippen LogP contribution in [0.3, 0.4) is 0 Å². The first-order valence-electron chi connectivity index (χ1n) is 6.18. The zero-order valence-corrected chi connectivity index (χ0v) is 13.3. The van der Waals surface area contributed by atoms with Crippen LogP contribution in [-0.4, -0.2) is 28.0 Å². The van der Waals surface area contributed by atoms with Gasteiger partial charge in [0, 0.05) is 5.41 Å². The van der Waals surface area contributed by atoms with E-state index in [9.17, 15) is 0 Å². The van der Waals surface area contributed by atoms with E-state index in [4.69, 9.17) is 32.7 Å². The predicted molar refractivity (Wildman–Crippen MR) is 80.4 cm³/mol. The standard InChI is InChI=1S/C14H18Cl2N2O2/c1-4-5-6-19-12-7-13(18-10-17-12)20-9-14(2,3)8-11(15)16/h7,10-11H,6,8-9H2,1-3H3. The van der Waals surface area contributed by atoms with E-state index >= 15 is 0 Å². The maximum Gasteiger partial charge on any atom is 0.221 e. The third-order valence-electron chi connectivity index (χ3n) is 2.40. The summed E-state index contributed by atoms with van der Waals surface area (Å²) in [6, 6.07) is 1.63. The summed E-state index contributed by atoms with van der Waals surface area (Å²) in [6.45, 7) is 6.55. The van der Waals surface area contributed by atoms with Gasteiger partial charge >= 0.3 is 0 Å². The van der Waals surface area contributed by atoms with Crippen LogP contribution in [-0.2, 0) is 0 Å². The summed E-state index contributed by atoms with van der Waals surface area (Å²) >= 11 is 11.6. The summed E-state index contributed by atoms with van der Waals surface area (Å²) in [6.07, 6.45) is 2.03. The number of ether oxygens (including phenoxy) is 2. The van der Waals surface area contributed by atoms with Crippen molar-refractivity contribution in [2.24, 2.45) is 5.41 Å². The van der Waals surface area contributed by atoms with Gasteiger partial charge in [-0.25, -0.2) is 9.97 Å². The average Bonchev–Trinajstić information content (AvgIpc) is 2.36. The second-order valence-corrected chi connectivity index (χ2v) is 6.24. The molecule has 0 atom stereocenters. The molecule has 0 saturated heterocycles. The Balaban J connectivity index is 2.55. The number of aromatic nitrogens is 2. The molecule has 20 heavy (non-hydrogen) atoms. The number of halogens is 2. The van der Waals surface area contributed by atoms with E-state index in [0.29, 0.717) is 31.4 Å². The lowest BCUT2D eigenvalue weighted by Crippen LogP contribution is -2.24. The van der Waals surface area contributed by atoms with Gasteiger partial charge in [0.25, 0.3) is 0 Å². The summed E-state index contributed by atoms with van der Waals surface area (Å²) in [5.41, 5.74) is -0.145. The minimum Gasteiger partial charge on any atom is -0.477 e. The van der Waals surface area contributed by atoms with Crippen LogP contribution in [0.2, 0.25) is 0 Å². The SMILES string of the molecule is CC#CCOc1cc(OCC(C)(C)CC(Cl)Cl)ncn1. The van der Waals surface area contributed by atoms with E-state index in [2.05, 4.69) is 21.8 Å². The highest BCUT2D eigenvalue weighted by atomic mass is 35.5. The van der Waals surface area contributed by atoms with Gasteiger partial charge in [-0.1, -0.05) is 19.8 Å². The molecule has 6 heteroatoms. The Bertz CT molecular complexity index is 482. The van der Waals surface area contributed by atoms with Gasteiger partial charge < -0.3 is 9.47 Å². The molecule has 0 N–H and O–H groups in total. The van der Waals surface area contributed by atoms with Gasteiger partial charge in [0.05, 0.1) is 12.7 Å². The third kappa shape index (κ3) is 6.83. The van der Waals surface area contributed by atoms with Crippen molar-refractivity contribution in [3.05, 3.63) is 12.4 Å². The van der Waals surface area contributed by atoms with E-state index < -0.39 is 4.84 Å². The normalized spacial score (nSPS) is 10.9. The van der Waals surface area contributed by atoms with Gasteiger partial charge in [0.1, 0.15) is 11.2 Å². The molecule has 0 spiro atoms. The predicted octanol–water partition coefficient (Wildman–Crippen LogP) is 3.48. The van der Waals surface area contributed by atoms with Crippen LogP contribution in [0.15, 0.2) is 12.4 Å². The zero-order valence-electron chi connectivity index (χ0n) is 11.8. The molecule has 1 aromatic rings. The first kappa shape index (κ1) is 16.9. The van der Waals surface area contributed by atoms with Gasteiger partial charge in [0.15, 0.2) is 6.61 Å². The highest BCUT2D eigenvalue weighted by Crippen LogP contribution is 2.27. The molecule has 0 amide bonds. The first-order chi connectivity index (χ1) is 9.43. The summed E-state index contributed by atoms with van der Waals surface area (Å²) in [5.74, 6) is 6.42. The molecule has 4 nitrogen and oxygen atoms in total. The smallest absolute Gasteiger partial charge is 0.221 e. The topological polar surface area (TPSA) is 44.2 Å². The van der Waals surface area contributed by atoms with E-state index in [1.807, 2.05) is 13.8 Å². The Hall–Kier alpha value is -1.18. The summed E-state index contributed by atoms with van der Waals surface area (Å²) < 4.78 is 11.0. The van der Waals surface area contributed by atoms with Crippen molar-refractivity contribution in [3.63, 3.8) is 0 Å². The highest BCUT2D eigenvalue weighted by Gasteiger charge is 2.22. The molecule has 0 aromatic carbocycles. The van der Waals surface area contributed by atoms with Crippen molar-refractivity contribution in [3.8, 4) is 23.6 Å². The van der Waals surface area contributed by atoms with Crippen LogP contribution in [0.25, 0.3) is 0 Å². The van der Waals surface area contributed by atoms with Crippen LogP contribution < -0.4 is 9.47 Å². The van der Waals surface area contributed by atoms with E-state index in [-0.39, 0.29) is 5.41 Å².